The molecule has 2 aromatic rings. The Morgan fingerprint density at radius 2 is 1.60 bits per heavy atom. The smallest absolute Gasteiger partial charge is 0.475 e. The molecule has 0 aliphatic carbocycles. The van der Waals surface area contributed by atoms with Crippen molar-refractivity contribution in [3.63, 3.8) is 0 Å². The number of piperidine rings is 1. The number of hydrogen-bond acceptors (Lipinski definition) is 7. The van der Waals surface area contributed by atoms with Crippen LogP contribution >= 0.6 is 0 Å². The van der Waals surface area contributed by atoms with Gasteiger partial charge in [0.1, 0.15) is 0 Å². The number of carboxylic acids is 1. The molecule has 0 spiro atoms. The number of alkyl halides is 3. The molecular weight excluding hydrogens is 575 g/mol. The van der Waals surface area contributed by atoms with Gasteiger partial charge in [-0.3, -0.25) is 4.79 Å². The Bertz CT molecular complexity index is 1400. The summed E-state index contributed by atoms with van der Waals surface area (Å²) in [6.45, 7) is 0.880. The average Bonchev–Trinajstić information content (AvgIpc) is 2.92. The first kappa shape index (κ1) is 31.5. The van der Waals surface area contributed by atoms with E-state index >= 15 is 0 Å². The number of benzene rings is 2. The molecule has 0 aromatic heterocycles. The van der Waals surface area contributed by atoms with Gasteiger partial charge in [0.2, 0.25) is 15.9 Å². The molecule has 2 aromatic carbocycles. The molecule has 2 fully saturated rings. The van der Waals surface area contributed by atoms with E-state index in [1.807, 2.05) is 30.3 Å². The predicted molar refractivity (Wildman–Crippen MR) is 139 cm³/mol. The van der Waals surface area contributed by atoms with Gasteiger partial charge in [-0.25, -0.2) is 21.6 Å². The van der Waals surface area contributed by atoms with E-state index < -0.39 is 37.9 Å². The number of sulfonamides is 1. The van der Waals surface area contributed by atoms with Crippen molar-refractivity contribution in [2.75, 3.05) is 37.7 Å². The number of nitrogens with zero attached hydrogens (tertiary/aromatic N) is 2. The maximum atomic E-state index is 13.5. The highest BCUT2D eigenvalue weighted by Crippen LogP contribution is 2.34. The number of hydrogen-bond donors (Lipinski definition) is 2. The Morgan fingerprint density at radius 1 is 1.00 bits per heavy atom. The largest absolute Gasteiger partial charge is 0.490 e. The van der Waals surface area contributed by atoms with E-state index in [1.54, 1.807) is 29.2 Å². The third-order valence-corrected chi connectivity index (χ3v) is 10.1. The SMILES string of the molecule is NCc1cccc(S(=O)(=O)N2C[C@@H](C(=O)N3CCS(=O)(=O)CC3)C[C@H](c3ccccc3)C2)c1.O=C(O)C(F)(F)F. The van der Waals surface area contributed by atoms with Crippen LogP contribution in [0.4, 0.5) is 13.2 Å². The second kappa shape index (κ2) is 12.7. The van der Waals surface area contributed by atoms with Crippen LogP contribution in [0.15, 0.2) is 59.5 Å². The van der Waals surface area contributed by atoms with Gasteiger partial charge in [0.25, 0.3) is 0 Å². The van der Waals surface area contributed by atoms with Crippen LogP contribution < -0.4 is 5.73 Å². The van der Waals surface area contributed by atoms with E-state index in [2.05, 4.69) is 0 Å². The predicted octanol–water partition coefficient (Wildman–Crippen LogP) is 1.83. The fourth-order valence-electron chi connectivity index (χ4n) is 4.57. The van der Waals surface area contributed by atoms with Crippen molar-refractivity contribution in [1.29, 1.82) is 0 Å². The zero-order valence-corrected chi connectivity index (χ0v) is 23.0. The summed E-state index contributed by atoms with van der Waals surface area (Å²) in [5.41, 5.74) is 7.40. The van der Waals surface area contributed by atoms with Gasteiger partial charge in [-0.1, -0.05) is 42.5 Å². The first-order chi connectivity index (χ1) is 18.6. The van der Waals surface area contributed by atoms with Gasteiger partial charge >= 0.3 is 12.1 Å². The Kier molecular flexibility index (Phi) is 9.98. The quantitative estimate of drug-likeness (QED) is 0.523. The molecule has 2 aliphatic heterocycles. The summed E-state index contributed by atoms with van der Waals surface area (Å²) in [7, 11) is -6.96. The Morgan fingerprint density at radius 3 is 2.15 bits per heavy atom. The fourth-order valence-corrected chi connectivity index (χ4v) is 7.38. The lowest BCUT2D eigenvalue weighted by molar-refractivity contribution is -0.192. The number of amides is 1. The molecule has 0 bridgehead atoms. The van der Waals surface area contributed by atoms with Crippen molar-refractivity contribution < 1.29 is 44.7 Å². The van der Waals surface area contributed by atoms with Gasteiger partial charge in [0.15, 0.2) is 9.84 Å². The molecule has 15 heteroatoms. The summed E-state index contributed by atoms with van der Waals surface area (Å²) in [6, 6.07) is 16.2. The molecule has 2 atom stereocenters. The Hall–Kier alpha value is -3.01. The zero-order valence-electron chi connectivity index (χ0n) is 21.3. The van der Waals surface area contributed by atoms with E-state index in [0.717, 1.165) is 11.1 Å². The molecule has 220 valence electrons. The zero-order chi connectivity index (χ0) is 29.7. The van der Waals surface area contributed by atoms with Gasteiger partial charge in [-0.2, -0.15) is 17.5 Å². The third-order valence-electron chi connectivity index (χ3n) is 6.71. The van der Waals surface area contributed by atoms with Gasteiger partial charge < -0.3 is 15.7 Å². The maximum absolute atomic E-state index is 13.5. The van der Waals surface area contributed by atoms with E-state index in [1.165, 1.54) is 4.31 Å². The molecule has 40 heavy (non-hydrogen) atoms. The summed E-state index contributed by atoms with van der Waals surface area (Å²) in [4.78, 5) is 24.0. The van der Waals surface area contributed by atoms with Gasteiger partial charge in [-0.15, -0.1) is 0 Å². The summed E-state index contributed by atoms with van der Waals surface area (Å²) in [6.07, 6.45) is -4.57. The number of carbonyl (C=O) groups excluding carboxylic acids is 1. The number of aliphatic carboxylic acids is 1. The van der Waals surface area contributed by atoms with E-state index in [0.29, 0.717) is 6.42 Å². The Labute approximate surface area is 230 Å². The summed E-state index contributed by atoms with van der Waals surface area (Å²) >= 11 is 0. The van der Waals surface area contributed by atoms with Crippen molar-refractivity contribution >= 4 is 31.7 Å². The lowest BCUT2D eigenvalue weighted by Gasteiger charge is -2.39. The topological polar surface area (TPSA) is 155 Å². The lowest BCUT2D eigenvalue weighted by atomic mass is 9.85. The third kappa shape index (κ3) is 8.02. The average molecular weight is 606 g/mol. The number of sulfone groups is 1. The van der Waals surface area contributed by atoms with E-state index in [9.17, 15) is 34.8 Å². The van der Waals surface area contributed by atoms with Crippen LogP contribution in [0, 0.1) is 5.92 Å². The second-order valence-electron chi connectivity index (χ2n) is 9.49. The molecule has 2 saturated heterocycles. The van der Waals surface area contributed by atoms with Crippen LogP contribution in [0.1, 0.15) is 23.5 Å². The normalized spacial score (nSPS) is 21.6. The van der Waals surface area contributed by atoms with Crippen molar-refractivity contribution in [3.8, 4) is 0 Å². The van der Waals surface area contributed by atoms with Gasteiger partial charge in [0, 0.05) is 32.7 Å². The highest BCUT2D eigenvalue weighted by atomic mass is 32.2. The van der Waals surface area contributed by atoms with Gasteiger partial charge in [0.05, 0.1) is 22.3 Å². The van der Waals surface area contributed by atoms with Crippen molar-refractivity contribution in [2.24, 2.45) is 11.7 Å². The van der Waals surface area contributed by atoms with Crippen molar-refractivity contribution in [1.82, 2.24) is 9.21 Å². The first-order valence-corrected chi connectivity index (χ1v) is 15.5. The van der Waals surface area contributed by atoms with E-state index in [4.69, 9.17) is 15.6 Å². The second-order valence-corrected chi connectivity index (χ2v) is 13.7. The summed E-state index contributed by atoms with van der Waals surface area (Å²) in [5, 5.41) is 7.12. The molecule has 4 rings (SSSR count). The maximum Gasteiger partial charge on any atom is 0.490 e. The molecule has 2 heterocycles. The summed E-state index contributed by atoms with van der Waals surface area (Å²) in [5.74, 6) is -3.73. The van der Waals surface area contributed by atoms with Crippen LogP contribution in [-0.2, 0) is 36.0 Å². The van der Waals surface area contributed by atoms with E-state index in [-0.39, 0.29) is 61.0 Å². The minimum Gasteiger partial charge on any atom is -0.475 e. The van der Waals surface area contributed by atoms with Gasteiger partial charge in [-0.05, 0) is 35.6 Å². The minimum atomic E-state index is -5.08. The first-order valence-electron chi connectivity index (χ1n) is 12.3. The van der Waals surface area contributed by atoms with Crippen LogP contribution in [0.2, 0.25) is 0 Å². The lowest BCUT2D eigenvalue weighted by Crippen LogP contribution is -2.52. The molecule has 3 N–H and O–H groups in total. The molecule has 0 saturated carbocycles. The Balaban J connectivity index is 0.000000559. The molecule has 0 unspecified atom stereocenters. The highest BCUT2D eigenvalue weighted by Gasteiger charge is 2.40. The monoisotopic (exact) mass is 605 g/mol. The van der Waals surface area contributed by atoms with Crippen LogP contribution in [0.3, 0.4) is 0 Å². The summed E-state index contributed by atoms with van der Waals surface area (Å²) < 4.78 is 83.8. The molecule has 0 radical (unpaired) electrons. The van der Waals surface area contributed by atoms with Crippen LogP contribution in [0.5, 0.6) is 0 Å². The minimum absolute atomic E-state index is 0.0541. The van der Waals surface area contributed by atoms with Crippen molar-refractivity contribution in [3.05, 3.63) is 65.7 Å². The molecular formula is C25H30F3N3O7S2. The standard InChI is InChI=1S/C23H29N3O5S2.C2HF3O2/c24-15-18-5-4-8-22(13-18)33(30,31)26-16-20(19-6-2-1-3-7-19)14-21(17-26)23(27)25-9-11-32(28,29)12-10-25;3-2(4,5)1(6)7/h1-8,13,20-21H,9-12,14-17,24H2;(H,6,7)/t20-,21-;/m0./s1. The van der Waals surface area contributed by atoms with Crippen molar-refractivity contribution in [2.45, 2.75) is 30.0 Å². The highest BCUT2D eigenvalue weighted by molar-refractivity contribution is 7.91. The van der Waals surface area contributed by atoms with Crippen LogP contribution in [0.25, 0.3) is 0 Å². The number of carboxylic acid groups (broad SMARTS) is 1. The number of nitrogens with two attached hydrogens (primary N) is 1. The fraction of sp³-hybridized carbons (Fsp3) is 0.440. The molecule has 1 amide bonds. The number of rotatable bonds is 5. The number of halogens is 3. The molecule has 10 nitrogen and oxygen atoms in total. The molecule has 2 aliphatic rings. The van der Waals surface area contributed by atoms with Crippen LogP contribution in [-0.4, -0.2) is 86.9 Å². The number of carbonyl (C=O) groups is 2.